The number of rotatable bonds is 9. The first-order valence-electron chi connectivity index (χ1n) is 14.5. The normalized spacial score (nSPS) is 19.8. The van der Waals surface area contributed by atoms with Crippen LogP contribution in [0.25, 0.3) is 31.8 Å². The Morgan fingerprint density at radius 3 is 2.52 bits per heavy atom. The zero-order chi connectivity index (χ0) is 29.3. The van der Waals surface area contributed by atoms with Crippen LogP contribution >= 0.6 is 0 Å². The molecule has 0 bridgehead atoms. The summed E-state index contributed by atoms with van der Waals surface area (Å²) in [4.78, 5) is 34.6. The summed E-state index contributed by atoms with van der Waals surface area (Å²) in [5, 5.41) is 17.0. The Bertz CT molecular complexity index is 1580. The lowest BCUT2D eigenvalue weighted by molar-refractivity contribution is 0.0369. The molecule has 14 nitrogen and oxygen atoms in total. The molecule has 0 N–H and O–H groups in total. The van der Waals surface area contributed by atoms with Crippen LogP contribution in [0.5, 0.6) is 0 Å². The molecule has 1 atom stereocenters. The SMILES string of the molecule is CC(CN=[N+]=[N-])(CN=[N+]=[N-])OC(=O)n1cc2c(n1)CCC(N(C(=O)c1cccc3c1cnn3C1CCCC1)C1CC1)C2. The number of azide groups is 2. The zero-order valence-corrected chi connectivity index (χ0v) is 23.5. The molecule has 2 heterocycles. The molecule has 1 aromatic carbocycles. The molecule has 3 aliphatic rings. The van der Waals surface area contributed by atoms with E-state index in [2.05, 4.69) is 40.8 Å². The second-order valence-corrected chi connectivity index (χ2v) is 11.7. The van der Waals surface area contributed by atoms with E-state index < -0.39 is 11.7 Å². The third-order valence-corrected chi connectivity index (χ3v) is 8.62. The lowest BCUT2D eigenvalue weighted by Gasteiger charge is -2.34. The van der Waals surface area contributed by atoms with Crippen LogP contribution in [-0.2, 0) is 17.6 Å². The third kappa shape index (κ3) is 5.38. The highest BCUT2D eigenvalue weighted by Crippen LogP contribution is 2.37. The fourth-order valence-electron chi connectivity index (χ4n) is 6.37. The predicted molar refractivity (Wildman–Crippen MR) is 153 cm³/mol. The Hall–Kier alpha value is -4.54. The van der Waals surface area contributed by atoms with Crippen molar-refractivity contribution in [1.29, 1.82) is 0 Å². The molecule has 218 valence electrons. The fourth-order valence-corrected chi connectivity index (χ4v) is 6.37. The Balaban J connectivity index is 1.21. The van der Waals surface area contributed by atoms with Gasteiger partial charge in [0.05, 0.1) is 42.1 Å². The van der Waals surface area contributed by atoms with Crippen molar-refractivity contribution >= 4 is 22.9 Å². The smallest absolute Gasteiger partial charge is 0.435 e. The standard InChI is InChI=1S/C28H33N11O3/c1-28(16-31-35-29,17-32-36-30)42-27(41)37-15-18-13-21(11-12-24(18)34-37)38(19-9-10-19)26(40)22-7-4-8-25-23(22)14-33-39(25)20-5-2-3-6-20/h4,7-8,14-15,19-21H,2-3,5-6,9-13,16-17H2,1H3. The quantitative estimate of drug-likeness (QED) is 0.176. The van der Waals surface area contributed by atoms with Gasteiger partial charge in [-0.25, -0.2) is 4.79 Å². The van der Waals surface area contributed by atoms with Crippen molar-refractivity contribution in [1.82, 2.24) is 24.5 Å². The number of amides is 1. The molecular weight excluding hydrogens is 538 g/mol. The Morgan fingerprint density at radius 1 is 1.10 bits per heavy atom. The van der Waals surface area contributed by atoms with E-state index in [0.29, 0.717) is 24.4 Å². The average molecular weight is 572 g/mol. The maximum absolute atomic E-state index is 14.2. The number of benzene rings is 1. The average Bonchev–Trinajstić information content (AvgIpc) is 3.36. The van der Waals surface area contributed by atoms with Gasteiger partial charge in [0.1, 0.15) is 5.60 Å². The van der Waals surface area contributed by atoms with Crippen molar-refractivity contribution in [2.45, 2.75) is 88.4 Å². The second kappa shape index (κ2) is 11.4. The molecule has 3 aliphatic carbocycles. The Labute approximate surface area is 241 Å². The van der Waals surface area contributed by atoms with Crippen LogP contribution in [0, 0.1) is 0 Å². The number of hydrogen-bond donors (Lipinski definition) is 0. The molecule has 0 spiro atoms. The largest absolute Gasteiger partial charge is 0.441 e. The minimum absolute atomic E-state index is 0.0218. The summed E-state index contributed by atoms with van der Waals surface area (Å²) < 4.78 is 8.80. The van der Waals surface area contributed by atoms with Gasteiger partial charge in [-0.05, 0) is 80.6 Å². The van der Waals surface area contributed by atoms with Crippen molar-refractivity contribution in [3.63, 3.8) is 0 Å². The summed E-state index contributed by atoms with van der Waals surface area (Å²) in [5.74, 6) is 0.0289. The molecule has 42 heavy (non-hydrogen) atoms. The summed E-state index contributed by atoms with van der Waals surface area (Å²) in [6, 6.07) is 6.50. The van der Waals surface area contributed by atoms with Gasteiger partial charge in [-0.1, -0.05) is 29.1 Å². The van der Waals surface area contributed by atoms with E-state index in [1.54, 1.807) is 6.20 Å². The predicted octanol–water partition coefficient (Wildman–Crippen LogP) is 5.87. The number of carbonyl (C=O) groups is 2. The molecule has 1 amide bonds. The van der Waals surface area contributed by atoms with Gasteiger partial charge in [0, 0.05) is 33.5 Å². The van der Waals surface area contributed by atoms with Crippen molar-refractivity contribution in [3.05, 3.63) is 68.3 Å². The highest BCUT2D eigenvalue weighted by molar-refractivity contribution is 6.06. The van der Waals surface area contributed by atoms with Crippen LogP contribution in [0.1, 0.15) is 79.5 Å². The molecule has 3 aromatic rings. The fraction of sp³-hybridized carbons (Fsp3) is 0.571. The number of ether oxygens (including phenoxy) is 1. The molecule has 0 aliphatic heterocycles. The monoisotopic (exact) mass is 571 g/mol. The Morgan fingerprint density at radius 2 is 1.83 bits per heavy atom. The van der Waals surface area contributed by atoms with Crippen LogP contribution in [-0.4, -0.2) is 67.2 Å². The first-order valence-corrected chi connectivity index (χ1v) is 14.5. The van der Waals surface area contributed by atoms with Crippen molar-refractivity contribution < 1.29 is 14.3 Å². The topological polar surface area (TPSA) is 180 Å². The van der Waals surface area contributed by atoms with Crippen LogP contribution in [0.2, 0.25) is 0 Å². The maximum atomic E-state index is 14.2. The molecule has 0 radical (unpaired) electrons. The van der Waals surface area contributed by atoms with Crippen LogP contribution < -0.4 is 0 Å². The van der Waals surface area contributed by atoms with E-state index >= 15 is 0 Å². The van der Waals surface area contributed by atoms with Crippen molar-refractivity contribution in [2.75, 3.05) is 13.1 Å². The van der Waals surface area contributed by atoms with Crippen LogP contribution in [0.3, 0.4) is 0 Å². The van der Waals surface area contributed by atoms with Crippen LogP contribution in [0.4, 0.5) is 4.79 Å². The number of carbonyl (C=O) groups excluding carboxylic acids is 2. The molecule has 2 aromatic heterocycles. The number of nitrogens with zero attached hydrogens (tertiary/aromatic N) is 11. The molecule has 14 heteroatoms. The summed E-state index contributed by atoms with van der Waals surface area (Å²) in [7, 11) is 0. The lowest BCUT2D eigenvalue weighted by atomic mass is 9.91. The number of aryl methyl sites for hydroxylation is 1. The highest BCUT2D eigenvalue weighted by Gasteiger charge is 2.40. The second-order valence-electron chi connectivity index (χ2n) is 11.7. The minimum atomic E-state index is -1.31. The molecule has 0 saturated heterocycles. The Kier molecular flexibility index (Phi) is 7.49. The summed E-state index contributed by atoms with van der Waals surface area (Å²) in [5.41, 5.74) is 19.5. The zero-order valence-electron chi connectivity index (χ0n) is 23.5. The van der Waals surface area contributed by atoms with Gasteiger partial charge in [0.15, 0.2) is 0 Å². The van der Waals surface area contributed by atoms with E-state index in [4.69, 9.17) is 20.9 Å². The summed E-state index contributed by atoms with van der Waals surface area (Å²) in [6.45, 7) is 1.15. The number of hydrogen-bond acceptors (Lipinski definition) is 7. The molecular formula is C28H33N11O3. The molecule has 2 fully saturated rings. The summed E-state index contributed by atoms with van der Waals surface area (Å²) >= 11 is 0. The number of aromatic nitrogens is 4. The van der Waals surface area contributed by atoms with E-state index in [0.717, 1.165) is 58.9 Å². The van der Waals surface area contributed by atoms with Gasteiger partial charge in [0.2, 0.25) is 0 Å². The summed E-state index contributed by atoms with van der Waals surface area (Å²) in [6.07, 6.45) is 11.3. The first kappa shape index (κ1) is 27.6. The van der Waals surface area contributed by atoms with Crippen molar-refractivity contribution in [2.24, 2.45) is 10.2 Å². The van der Waals surface area contributed by atoms with Gasteiger partial charge in [-0.2, -0.15) is 14.9 Å². The minimum Gasteiger partial charge on any atom is -0.441 e. The number of fused-ring (bicyclic) bond motifs is 2. The third-order valence-electron chi connectivity index (χ3n) is 8.62. The highest BCUT2D eigenvalue weighted by atomic mass is 16.6. The molecule has 6 rings (SSSR count). The van der Waals surface area contributed by atoms with Gasteiger partial charge in [-0.15, -0.1) is 0 Å². The van der Waals surface area contributed by atoms with E-state index in [-0.39, 0.29) is 31.1 Å². The molecule has 1 unspecified atom stereocenters. The van der Waals surface area contributed by atoms with Gasteiger partial charge in [-0.3, -0.25) is 9.48 Å². The van der Waals surface area contributed by atoms with E-state index in [1.807, 2.05) is 18.3 Å². The maximum Gasteiger partial charge on any atom is 0.435 e. The van der Waals surface area contributed by atoms with E-state index in [1.165, 1.54) is 19.8 Å². The first-order chi connectivity index (χ1) is 20.4. The van der Waals surface area contributed by atoms with Crippen LogP contribution in [0.15, 0.2) is 40.8 Å². The van der Waals surface area contributed by atoms with Crippen molar-refractivity contribution in [3.8, 4) is 0 Å². The van der Waals surface area contributed by atoms with Gasteiger partial charge < -0.3 is 9.64 Å². The van der Waals surface area contributed by atoms with Gasteiger partial charge >= 0.3 is 6.09 Å². The lowest BCUT2D eigenvalue weighted by Crippen LogP contribution is -2.44. The van der Waals surface area contributed by atoms with E-state index in [9.17, 15) is 9.59 Å². The van der Waals surface area contributed by atoms with Gasteiger partial charge in [0.25, 0.3) is 5.91 Å². The molecule has 2 saturated carbocycles.